The van der Waals surface area contributed by atoms with E-state index in [0.29, 0.717) is 18.4 Å². The summed E-state index contributed by atoms with van der Waals surface area (Å²) in [5.41, 5.74) is 0. The predicted octanol–water partition coefficient (Wildman–Crippen LogP) is 2.64. The molecular formula is C13H20BrNO4S. The topological polar surface area (TPSA) is 79.5 Å². The molecule has 2 N–H and O–H groups in total. The van der Waals surface area contributed by atoms with Gasteiger partial charge in [-0.3, -0.25) is 0 Å². The van der Waals surface area contributed by atoms with E-state index in [-0.39, 0.29) is 21.9 Å². The van der Waals surface area contributed by atoms with Crippen molar-refractivity contribution in [2.75, 3.05) is 6.54 Å². The highest BCUT2D eigenvalue weighted by Gasteiger charge is 2.26. The van der Waals surface area contributed by atoms with Crippen LogP contribution in [0.3, 0.4) is 0 Å². The lowest BCUT2D eigenvalue weighted by molar-refractivity contribution is 0.245. The number of hydrogen-bond donors (Lipinski definition) is 2. The van der Waals surface area contributed by atoms with Gasteiger partial charge in [0.1, 0.15) is 17.3 Å². The van der Waals surface area contributed by atoms with E-state index in [0.717, 1.165) is 12.8 Å². The van der Waals surface area contributed by atoms with Crippen molar-refractivity contribution < 1.29 is 17.9 Å². The third-order valence-corrected chi connectivity index (χ3v) is 6.26. The largest absolute Gasteiger partial charge is 0.450 e. The average molecular weight is 366 g/mol. The second kappa shape index (κ2) is 6.60. The number of rotatable bonds is 5. The summed E-state index contributed by atoms with van der Waals surface area (Å²) in [6.07, 6.45) is 4.63. The Morgan fingerprint density at radius 3 is 2.75 bits per heavy atom. The van der Waals surface area contributed by atoms with Gasteiger partial charge in [-0.1, -0.05) is 26.2 Å². The monoisotopic (exact) mass is 365 g/mol. The van der Waals surface area contributed by atoms with Crippen LogP contribution in [-0.4, -0.2) is 20.1 Å². The Morgan fingerprint density at radius 1 is 1.45 bits per heavy atom. The Hall–Kier alpha value is -0.370. The van der Waals surface area contributed by atoms with Gasteiger partial charge in [-0.25, -0.2) is 13.1 Å². The fourth-order valence-electron chi connectivity index (χ4n) is 2.65. The number of furan rings is 1. The second-order valence-corrected chi connectivity index (χ2v) is 7.84. The Balaban J connectivity index is 2.05. The number of hydrogen-bond acceptors (Lipinski definition) is 4. The minimum absolute atomic E-state index is 0.0463. The highest BCUT2D eigenvalue weighted by Crippen LogP contribution is 2.30. The molecule has 0 amide bonds. The second-order valence-electron chi connectivity index (χ2n) is 5.38. The summed E-state index contributed by atoms with van der Waals surface area (Å²) >= 11 is 3.07. The smallest absolute Gasteiger partial charge is 0.244 e. The zero-order valence-electron chi connectivity index (χ0n) is 11.4. The summed E-state index contributed by atoms with van der Waals surface area (Å²) in [4.78, 5) is 0.0463. The van der Waals surface area contributed by atoms with Crippen molar-refractivity contribution in [2.45, 2.75) is 44.1 Å². The number of aliphatic hydroxyl groups is 1. The third kappa shape index (κ3) is 3.63. The summed E-state index contributed by atoms with van der Waals surface area (Å²) < 4.78 is 32.4. The van der Waals surface area contributed by atoms with Gasteiger partial charge >= 0.3 is 0 Å². The quantitative estimate of drug-likeness (QED) is 0.840. The molecule has 1 aliphatic rings. The number of halogens is 1. The van der Waals surface area contributed by atoms with Crippen molar-refractivity contribution in [1.29, 1.82) is 0 Å². The molecule has 0 saturated heterocycles. The van der Waals surface area contributed by atoms with Crippen LogP contribution < -0.4 is 4.72 Å². The molecule has 7 heteroatoms. The Kier molecular flexibility index (Phi) is 5.28. The van der Waals surface area contributed by atoms with Crippen LogP contribution in [0.15, 0.2) is 20.0 Å². The zero-order valence-corrected chi connectivity index (χ0v) is 13.8. The highest BCUT2D eigenvalue weighted by atomic mass is 79.9. The molecule has 0 spiro atoms. The lowest BCUT2D eigenvalue weighted by Crippen LogP contribution is -2.33. The standard InChI is InChI=1S/C13H20BrNO4S/c1-9-4-2-3-5-10(9)7-15-20(17,18)12-6-11(8-16)19-13(12)14/h6,9-10,15-16H,2-5,7-8H2,1H3. The van der Waals surface area contributed by atoms with Crippen molar-refractivity contribution in [3.63, 3.8) is 0 Å². The first-order chi connectivity index (χ1) is 9.44. The first-order valence-corrected chi connectivity index (χ1v) is 9.10. The molecule has 0 radical (unpaired) electrons. The van der Waals surface area contributed by atoms with Crippen LogP contribution in [0.5, 0.6) is 0 Å². The van der Waals surface area contributed by atoms with Gasteiger partial charge in [0.25, 0.3) is 0 Å². The van der Waals surface area contributed by atoms with E-state index >= 15 is 0 Å². The molecule has 1 heterocycles. The fourth-order valence-corrected chi connectivity index (χ4v) is 4.74. The van der Waals surface area contributed by atoms with E-state index in [4.69, 9.17) is 9.52 Å². The molecule has 1 aromatic heterocycles. The van der Waals surface area contributed by atoms with Crippen molar-refractivity contribution in [3.8, 4) is 0 Å². The summed E-state index contributed by atoms with van der Waals surface area (Å²) in [5.74, 6) is 1.16. The maximum absolute atomic E-state index is 12.2. The van der Waals surface area contributed by atoms with E-state index in [9.17, 15) is 8.42 Å². The Labute approximate surface area is 127 Å². The average Bonchev–Trinajstić information content (AvgIpc) is 2.80. The summed E-state index contributed by atoms with van der Waals surface area (Å²) in [5, 5.41) is 8.98. The molecule has 2 unspecified atom stereocenters. The molecule has 0 aromatic carbocycles. The predicted molar refractivity (Wildman–Crippen MR) is 78.6 cm³/mol. The third-order valence-electron chi connectivity index (χ3n) is 3.98. The number of sulfonamides is 1. The minimum Gasteiger partial charge on any atom is -0.450 e. The lowest BCUT2D eigenvalue weighted by Gasteiger charge is -2.28. The van der Waals surface area contributed by atoms with E-state index in [1.165, 1.54) is 18.9 Å². The molecule has 2 atom stereocenters. The highest BCUT2D eigenvalue weighted by molar-refractivity contribution is 9.10. The summed E-state index contributed by atoms with van der Waals surface area (Å²) in [6.45, 7) is 2.30. The van der Waals surface area contributed by atoms with E-state index in [2.05, 4.69) is 27.6 Å². The first kappa shape index (κ1) is 16.0. The minimum atomic E-state index is -3.60. The van der Waals surface area contributed by atoms with Gasteiger partial charge in [0.15, 0.2) is 4.67 Å². The molecule has 5 nitrogen and oxygen atoms in total. The number of aliphatic hydroxyl groups excluding tert-OH is 1. The van der Waals surface area contributed by atoms with Gasteiger partial charge in [-0.05, 0) is 34.2 Å². The van der Waals surface area contributed by atoms with E-state index in [1.807, 2.05) is 0 Å². The van der Waals surface area contributed by atoms with E-state index < -0.39 is 10.0 Å². The Bertz CT molecular complexity index is 555. The van der Waals surface area contributed by atoms with E-state index in [1.54, 1.807) is 0 Å². The Morgan fingerprint density at radius 2 is 2.15 bits per heavy atom. The van der Waals surface area contributed by atoms with Crippen molar-refractivity contribution in [2.24, 2.45) is 11.8 Å². The van der Waals surface area contributed by atoms with Gasteiger partial charge in [0.2, 0.25) is 10.0 Å². The van der Waals surface area contributed by atoms with Crippen molar-refractivity contribution >= 4 is 26.0 Å². The summed E-state index contributed by atoms with van der Waals surface area (Å²) in [7, 11) is -3.60. The molecule has 1 saturated carbocycles. The van der Waals surface area contributed by atoms with Crippen LogP contribution in [0.2, 0.25) is 0 Å². The zero-order chi connectivity index (χ0) is 14.8. The molecule has 114 valence electrons. The molecular weight excluding hydrogens is 346 g/mol. The molecule has 1 aromatic rings. The van der Waals surface area contributed by atoms with Crippen LogP contribution in [0.4, 0.5) is 0 Å². The van der Waals surface area contributed by atoms with Gasteiger partial charge in [0.05, 0.1) is 0 Å². The SMILES string of the molecule is CC1CCCCC1CNS(=O)(=O)c1cc(CO)oc1Br. The van der Waals surface area contributed by atoms with Crippen LogP contribution in [-0.2, 0) is 16.6 Å². The number of nitrogens with one attached hydrogen (secondary N) is 1. The molecule has 1 aliphatic carbocycles. The van der Waals surface area contributed by atoms with Crippen LogP contribution in [0, 0.1) is 11.8 Å². The molecule has 0 aliphatic heterocycles. The molecule has 0 bridgehead atoms. The fraction of sp³-hybridized carbons (Fsp3) is 0.692. The van der Waals surface area contributed by atoms with Gasteiger partial charge < -0.3 is 9.52 Å². The first-order valence-electron chi connectivity index (χ1n) is 6.82. The molecule has 20 heavy (non-hydrogen) atoms. The summed E-state index contributed by atoms with van der Waals surface area (Å²) in [6, 6.07) is 1.34. The molecule has 2 rings (SSSR count). The van der Waals surface area contributed by atoms with Crippen molar-refractivity contribution in [3.05, 3.63) is 16.5 Å². The van der Waals surface area contributed by atoms with Gasteiger partial charge in [0, 0.05) is 12.6 Å². The van der Waals surface area contributed by atoms with Crippen LogP contribution >= 0.6 is 15.9 Å². The van der Waals surface area contributed by atoms with Gasteiger partial charge in [-0.15, -0.1) is 0 Å². The van der Waals surface area contributed by atoms with Gasteiger partial charge in [-0.2, -0.15) is 0 Å². The van der Waals surface area contributed by atoms with Crippen molar-refractivity contribution in [1.82, 2.24) is 4.72 Å². The van der Waals surface area contributed by atoms with Crippen LogP contribution in [0.25, 0.3) is 0 Å². The lowest BCUT2D eigenvalue weighted by atomic mass is 9.81. The molecule has 1 fully saturated rings. The normalized spacial score (nSPS) is 23.9. The maximum atomic E-state index is 12.2. The maximum Gasteiger partial charge on any atom is 0.244 e. The van der Waals surface area contributed by atoms with Crippen LogP contribution in [0.1, 0.15) is 38.4 Å².